The molecule has 3 N–H and O–H groups in total. The fourth-order valence-electron chi connectivity index (χ4n) is 10.0. The van der Waals surface area contributed by atoms with E-state index in [4.69, 9.17) is 14.1 Å². The Morgan fingerprint density at radius 1 is 1.04 bits per heavy atom. The first kappa shape index (κ1) is 34.8. The van der Waals surface area contributed by atoms with E-state index in [0.717, 1.165) is 54.5 Å². The summed E-state index contributed by atoms with van der Waals surface area (Å²) in [5, 5.41) is 21.4. The number of nitrogens with one attached hydrogen (secondary N) is 3. The minimum atomic E-state index is -1.70. The Labute approximate surface area is 296 Å². The molecule has 8 nitrogen and oxygen atoms in total. The molecular weight excluding hydrogens is 625 g/mol. The maximum absolute atomic E-state index is 9.91. The van der Waals surface area contributed by atoms with E-state index >= 15 is 0 Å². The van der Waals surface area contributed by atoms with Crippen LogP contribution in [0, 0.1) is 40.4 Å². The Morgan fingerprint density at radius 3 is 2.47 bits per heavy atom. The minimum absolute atomic E-state index is 0.187. The SMILES string of the molecule is CC1(C)Cc2cccc(CNc3ncc(C#N)c(NCC45CC6C[C@H](C4)C(NCC4CCC(O[Si](C)(C)C(C)(C)C)CC4)[C@@H](C6)C5)n3)c2O1. The molecule has 5 saturated carbocycles. The van der Waals surface area contributed by atoms with E-state index < -0.39 is 8.32 Å². The van der Waals surface area contributed by atoms with Gasteiger partial charge in [0.25, 0.3) is 0 Å². The maximum atomic E-state index is 9.91. The van der Waals surface area contributed by atoms with Crippen LogP contribution in [0.4, 0.5) is 11.8 Å². The molecule has 5 atom stereocenters. The zero-order chi connectivity index (χ0) is 34.6. The number of para-hydroxylation sites is 1. The van der Waals surface area contributed by atoms with Gasteiger partial charge in [0.2, 0.25) is 5.95 Å². The van der Waals surface area contributed by atoms with E-state index in [2.05, 4.69) is 92.9 Å². The Hall–Kier alpha value is -2.67. The van der Waals surface area contributed by atoms with Gasteiger partial charge in [0.05, 0.1) is 6.20 Å². The predicted octanol–water partition coefficient (Wildman–Crippen LogP) is 8.45. The van der Waals surface area contributed by atoms with Crippen LogP contribution in [0.15, 0.2) is 24.4 Å². The van der Waals surface area contributed by atoms with Gasteiger partial charge in [0.15, 0.2) is 8.32 Å². The lowest BCUT2D eigenvalue weighted by Crippen LogP contribution is -2.60. The molecule has 3 unspecified atom stereocenters. The highest BCUT2D eigenvalue weighted by atomic mass is 28.4. The molecule has 9 heteroatoms. The summed E-state index contributed by atoms with van der Waals surface area (Å²) in [5.74, 6) is 5.27. The summed E-state index contributed by atoms with van der Waals surface area (Å²) < 4.78 is 13.0. The van der Waals surface area contributed by atoms with Crippen molar-refractivity contribution in [3.8, 4) is 11.8 Å². The van der Waals surface area contributed by atoms with Gasteiger partial charge in [0, 0.05) is 37.2 Å². The molecule has 5 fully saturated rings. The van der Waals surface area contributed by atoms with Gasteiger partial charge in [-0.15, -0.1) is 0 Å². The van der Waals surface area contributed by atoms with Gasteiger partial charge in [0.1, 0.15) is 28.8 Å². The summed E-state index contributed by atoms with van der Waals surface area (Å²) in [4.78, 5) is 9.30. The summed E-state index contributed by atoms with van der Waals surface area (Å²) in [6.07, 6.45) is 14.6. The second kappa shape index (κ2) is 13.1. The van der Waals surface area contributed by atoms with E-state index in [1.54, 1.807) is 6.20 Å². The molecule has 4 bridgehead atoms. The van der Waals surface area contributed by atoms with Gasteiger partial charge in [-0.05, 0) is 131 Å². The highest BCUT2D eigenvalue weighted by molar-refractivity contribution is 6.74. The van der Waals surface area contributed by atoms with Gasteiger partial charge in [-0.25, -0.2) is 4.98 Å². The fourth-order valence-corrected chi connectivity index (χ4v) is 11.5. The highest BCUT2D eigenvalue weighted by Crippen LogP contribution is 2.60. The van der Waals surface area contributed by atoms with Crippen LogP contribution in [0.25, 0.3) is 0 Å². The van der Waals surface area contributed by atoms with Crippen molar-refractivity contribution in [3.05, 3.63) is 41.1 Å². The molecule has 0 radical (unpaired) electrons. The van der Waals surface area contributed by atoms with Crippen molar-refractivity contribution >= 4 is 20.1 Å². The van der Waals surface area contributed by atoms with Crippen LogP contribution in [-0.2, 0) is 17.4 Å². The van der Waals surface area contributed by atoms with E-state index in [-0.39, 0.29) is 16.1 Å². The molecule has 1 aromatic heterocycles. The van der Waals surface area contributed by atoms with E-state index in [1.165, 1.54) is 63.4 Å². The molecule has 0 amide bonds. The zero-order valence-corrected chi connectivity index (χ0v) is 32.1. The van der Waals surface area contributed by atoms with Gasteiger partial charge >= 0.3 is 0 Å². The van der Waals surface area contributed by atoms with Gasteiger partial charge in [-0.1, -0.05) is 39.0 Å². The molecule has 0 spiro atoms. The third-order valence-corrected chi connectivity index (χ3v) is 17.8. The summed E-state index contributed by atoms with van der Waals surface area (Å²) in [7, 11) is -1.70. The van der Waals surface area contributed by atoms with Crippen LogP contribution in [0.1, 0.15) is 109 Å². The summed E-state index contributed by atoms with van der Waals surface area (Å²) in [6.45, 7) is 18.7. The summed E-state index contributed by atoms with van der Waals surface area (Å²) in [5.41, 5.74) is 2.95. The molecule has 266 valence electrons. The lowest BCUT2D eigenvalue weighted by atomic mass is 9.48. The number of nitrogens with zero attached hydrogens (tertiary/aromatic N) is 3. The van der Waals surface area contributed by atoms with Crippen molar-refractivity contribution in [2.45, 2.75) is 141 Å². The molecule has 49 heavy (non-hydrogen) atoms. The van der Waals surface area contributed by atoms with Gasteiger partial charge in [-0.3, -0.25) is 0 Å². The van der Waals surface area contributed by atoms with Gasteiger partial charge in [-0.2, -0.15) is 10.2 Å². The molecule has 8 rings (SSSR count). The lowest BCUT2D eigenvalue weighted by molar-refractivity contribution is -0.0704. The Kier molecular flexibility index (Phi) is 9.32. The number of rotatable bonds is 11. The van der Waals surface area contributed by atoms with Crippen LogP contribution in [0.5, 0.6) is 5.75 Å². The van der Waals surface area contributed by atoms with Gasteiger partial charge < -0.3 is 25.1 Å². The fraction of sp³-hybridized carbons (Fsp3) is 0.725. The quantitative estimate of drug-likeness (QED) is 0.203. The van der Waals surface area contributed by atoms with Crippen LogP contribution in [0.3, 0.4) is 0 Å². The average molecular weight is 685 g/mol. The number of benzene rings is 1. The van der Waals surface area contributed by atoms with Crippen molar-refractivity contribution in [1.29, 1.82) is 5.26 Å². The Bertz CT molecular complexity index is 1540. The number of aromatic nitrogens is 2. The number of hydrogen-bond donors (Lipinski definition) is 3. The second-order valence-corrected chi connectivity index (χ2v) is 23.4. The zero-order valence-electron chi connectivity index (χ0n) is 31.1. The van der Waals surface area contributed by atoms with E-state index in [1.807, 2.05) is 0 Å². The number of fused-ring (bicyclic) bond motifs is 1. The molecular formula is C40H60N6O2Si. The number of nitriles is 1. The number of anilines is 2. The normalized spacial score (nSPS) is 31.6. The number of hydrogen-bond acceptors (Lipinski definition) is 8. The average Bonchev–Trinajstić information content (AvgIpc) is 3.36. The van der Waals surface area contributed by atoms with E-state index in [0.29, 0.717) is 36.0 Å². The minimum Gasteiger partial charge on any atom is -0.487 e. The first-order chi connectivity index (χ1) is 23.2. The molecule has 2 aromatic rings. The van der Waals surface area contributed by atoms with Crippen molar-refractivity contribution in [2.75, 3.05) is 23.7 Å². The summed E-state index contributed by atoms with van der Waals surface area (Å²) in [6, 6.07) is 9.32. The second-order valence-electron chi connectivity index (χ2n) is 18.6. The molecule has 0 saturated heterocycles. The van der Waals surface area contributed by atoms with Crippen molar-refractivity contribution in [3.63, 3.8) is 0 Å². The van der Waals surface area contributed by atoms with Crippen LogP contribution < -0.4 is 20.7 Å². The predicted molar refractivity (Wildman–Crippen MR) is 199 cm³/mol. The van der Waals surface area contributed by atoms with Crippen LogP contribution in [0.2, 0.25) is 18.1 Å². The maximum Gasteiger partial charge on any atom is 0.224 e. The first-order valence-electron chi connectivity index (χ1n) is 19.2. The standard InChI is InChI=1S/C40H60N6O2Si/c1-38(2,3)49(6,7)48-33-13-11-26(12-14-33)22-42-34-30-15-27-16-31(34)20-40(17-27,19-30)25-45-36-32(21-41)24-44-37(46-36)43-23-29-10-8-9-28-18-39(4,5)47-35(28)29/h8-10,24,26-27,30-31,33-34,42H,11-20,22-23,25H2,1-7H3,(H2,43,44,45,46)/t26?,27?,30-,31+,33?,34?,40?. The third-order valence-electron chi connectivity index (χ3n) is 13.3. The molecule has 2 heterocycles. The first-order valence-corrected chi connectivity index (χ1v) is 22.1. The van der Waals surface area contributed by atoms with Crippen molar-refractivity contribution < 1.29 is 9.16 Å². The molecule has 6 aliphatic rings. The number of ether oxygens (including phenoxy) is 1. The third kappa shape index (κ3) is 7.39. The summed E-state index contributed by atoms with van der Waals surface area (Å²) >= 11 is 0. The Morgan fingerprint density at radius 2 is 1.78 bits per heavy atom. The smallest absolute Gasteiger partial charge is 0.224 e. The molecule has 1 aromatic carbocycles. The topological polar surface area (TPSA) is 104 Å². The lowest BCUT2D eigenvalue weighted by Gasteiger charge is -2.60. The monoisotopic (exact) mass is 684 g/mol. The molecule has 1 aliphatic heterocycles. The molecule has 5 aliphatic carbocycles. The van der Waals surface area contributed by atoms with Crippen molar-refractivity contribution in [2.24, 2.45) is 29.1 Å². The van der Waals surface area contributed by atoms with Crippen molar-refractivity contribution in [1.82, 2.24) is 15.3 Å². The van der Waals surface area contributed by atoms with Crippen LogP contribution in [-0.4, -0.2) is 49.1 Å². The largest absolute Gasteiger partial charge is 0.487 e. The highest BCUT2D eigenvalue weighted by Gasteiger charge is 2.55. The van der Waals surface area contributed by atoms with E-state index in [9.17, 15) is 5.26 Å². The Balaban J connectivity index is 0.925. The van der Waals surface area contributed by atoms with Crippen LogP contribution >= 0.6 is 0 Å².